The van der Waals surface area contributed by atoms with Gasteiger partial charge in [0.1, 0.15) is 24.2 Å². The van der Waals surface area contributed by atoms with Crippen LogP contribution in [0, 0.1) is 5.92 Å². The minimum atomic E-state index is -1.12. The number of aromatic carboxylic acids is 1. The molecule has 0 saturated carbocycles. The van der Waals surface area contributed by atoms with E-state index in [4.69, 9.17) is 19.0 Å². The van der Waals surface area contributed by atoms with Crippen LogP contribution in [0.15, 0.2) is 71.1 Å². The molecule has 8 nitrogen and oxygen atoms in total. The molecule has 3 aliphatic heterocycles. The third-order valence-corrected chi connectivity index (χ3v) is 6.69. The van der Waals surface area contributed by atoms with E-state index in [1.54, 1.807) is 12.1 Å². The van der Waals surface area contributed by atoms with Gasteiger partial charge in [-0.25, -0.2) is 9.59 Å². The molecule has 4 heterocycles. The number of benzene rings is 2. The van der Waals surface area contributed by atoms with E-state index in [-0.39, 0.29) is 30.9 Å². The molecule has 3 aliphatic rings. The van der Waals surface area contributed by atoms with Crippen molar-refractivity contribution in [3.05, 3.63) is 89.4 Å². The topological polar surface area (TPSA) is 101 Å². The molecule has 2 bridgehead atoms. The molecule has 2 N–H and O–H groups in total. The fourth-order valence-corrected chi connectivity index (χ4v) is 4.85. The first kappa shape index (κ1) is 25.6. The first-order valence-corrected chi connectivity index (χ1v) is 11.8. The summed E-state index contributed by atoms with van der Waals surface area (Å²) in [6.45, 7) is 3.05. The van der Waals surface area contributed by atoms with Crippen LogP contribution in [0.5, 0.6) is 5.75 Å². The van der Waals surface area contributed by atoms with Crippen molar-refractivity contribution in [1.29, 1.82) is 0 Å². The summed E-state index contributed by atoms with van der Waals surface area (Å²) in [5.74, 6) is 0.157. The zero-order valence-electron chi connectivity index (χ0n) is 19.7. The van der Waals surface area contributed by atoms with Crippen molar-refractivity contribution in [1.82, 2.24) is 10.2 Å². The lowest BCUT2D eigenvalue weighted by Gasteiger charge is -2.43. The van der Waals surface area contributed by atoms with Gasteiger partial charge in [-0.2, -0.15) is 0 Å². The summed E-state index contributed by atoms with van der Waals surface area (Å²) in [6.07, 6.45) is 1.64. The van der Waals surface area contributed by atoms with Gasteiger partial charge in [-0.3, -0.25) is 4.90 Å². The first-order chi connectivity index (χ1) is 17.0. The van der Waals surface area contributed by atoms with Gasteiger partial charge in [-0.1, -0.05) is 42.5 Å². The van der Waals surface area contributed by atoms with Crippen molar-refractivity contribution in [2.45, 2.75) is 31.6 Å². The Balaban J connectivity index is 0.00000304. The van der Waals surface area contributed by atoms with Crippen LogP contribution in [0.2, 0.25) is 0 Å². The molecule has 1 amide bonds. The van der Waals surface area contributed by atoms with Crippen molar-refractivity contribution >= 4 is 24.5 Å². The maximum absolute atomic E-state index is 13.0. The number of amides is 1. The zero-order valence-corrected chi connectivity index (χ0v) is 20.5. The molecule has 3 fully saturated rings. The lowest BCUT2D eigenvalue weighted by molar-refractivity contribution is -0.0336. The van der Waals surface area contributed by atoms with E-state index in [1.807, 2.05) is 48.5 Å². The van der Waals surface area contributed by atoms with Crippen molar-refractivity contribution in [2.24, 2.45) is 5.92 Å². The van der Waals surface area contributed by atoms with Crippen molar-refractivity contribution in [2.75, 3.05) is 19.6 Å². The van der Waals surface area contributed by atoms with Crippen molar-refractivity contribution < 1.29 is 28.6 Å². The van der Waals surface area contributed by atoms with Gasteiger partial charge in [-0.05, 0) is 67.2 Å². The Morgan fingerprint density at radius 3 is 2.44 bits per heavy atom. The van der Waals surface area contributed by atoms with E-state index in [2.05, 4.69) is 10.2 Å². The molecule has 0 spiro atoms. The molecule has 0 aliphatic carbocycles. The third-order valence-electron chi connectivity index (χ3n) is 6.69. The van der Waals surface area contributed by atoms with Crippen LogP contribution in [0.3, 0.4) is 0 Å². The third kappa shape index (κ3) is 6.01. The summed E-state index contributed by atoms with van der Waals surface area (Å²) < 4.78 is 17.0. The predicted molar refractivity (Wildman–Crippen MR) is 135 cm³/mol. The quantitative estimate of drug-likeness (QED) is 0.443. The summed E-state index contributed by atoms with van der Waals surface area (Å²) in [5.41, 5.74) is 1.76. The van der Waals surface area contributed by atoms with Crippen LogP contribution in [-0.2, 0) is 11.3 Å². The highest BCUT2D eigenvalue weighted by Crippen LogP contribution is 2.30. The number of carboxylic acids is 1. The number of hydrogen-bond acceptors (Lipinski definition) is 6. The molecule has 9 heteroatoms. The predicted octanol–water partition coefficient (Wildman–Crippen LogP) is 4.89. The minimum Gasteiger partial charge on any atom is -0.486 e. The highest BCUT2D eigenvalue weighted by Gasteiger charge is 2.36. The Morgan fingerprint density at radius 2 is 1.78 bits per heavy atom. The molecule has 0 radical (unpaired) electrons. The number of rotatable bonds is 8. The van der Waals surface area contributed by atoms with Gasteiger partial charge in [-0.15, -0.1) is 12.4 Å². The molecule has 190 valence electrons. The maximum Gasteiger partial charge on any atom is 0.408 e. The van der Waals surface area contributed by atoms with Crippen LogP contribution >= 0.6 is 12.4 Å². The minimum absolute atomic E-state index is 0. The number of furan rings is 1. The number of piperidine rings is 3. The van der Waals surface area contributed by atoms with Crippen LogP contribution < -0.4 is 10.1 Å². The highest BCUT2D eigenvalue weighted by atomic mass is 35.5. The Morgan fingerprint density at radius 1 is 1.03 bits per heavy atom. The van der Waals surface area contributed by atoms with Gasteiger partial charge in [0.2, 0.25) is 5.76 Å². The fraction of sp³-hybridized carbons (Fsp3) is 0.333. The monoisotopic (exact) mass is 512 g/mol. The summed E-state index contributed by atoms with van der Waals surface area (Å²) in [5, 5.41) is 12.1. The highest BCUT2D eigenvalue weighted by molar-refractivity contribution is 5.85. The Hall–Kier alpha value is -3.49. The van der Waals surface area contributed by atoms with Crippen molar-refractivity contribution in [3.8, 4) is 5.75 Å². The van der Waals surface area contributed by atoms with E-state index in [1.165, 1.54) is 6.07 Å². The summed E-state index contributed by atoms with van der Waals surface area (Å²) in [4.78, 5) is 26.3. The molecule has 6 rings (SSSR count). The zero-order chi connectivity index (χ0) is 24.2. The molecule has 2 atom stereocenters. The first-order valence-electron chi connectivity index (χ1n) is 11.8. The van der Waals surface area contributed by atoms with Gasteiger partial charge in [0.05, 0.1) is 6.04 Å². The van der Waals surface area contributed by atoms with E-state index in [0.29, 0.717) is 17.4 Å². The number of fused-ring (bicyclic) bond motifs is 3. The Labute approximate surface area is 215 Å². The van der Waals surface area contributed by atoms with Gasteiger partial charge in [0, 0.05) is 6.54 Å². The molecule has 2 aromatic carbocycles. The molecule has 1 aromatic heterocycles. The second kappa shape index (κ2) is 11.5. The van der Waals surface area contributed by atoms with E-state index < -0.39 is 18.1 Å². The van der Waals surface area contributed by atoms with Gasteiger partial charge in [0.25, 0.3) is 0 Å². The standard InChI is InChI=1S/C27H28N2O6.ClH/c30-26(31)23-10-9-22(34-23)17-33-21-8-4-7-20(15-21)25(19-5-2-1-3-6-19)28-27(32)35-24-16-29-13-11-18(24)12-14-29;/h1-10,15,18,24-25H,11-14,16-17H2,(H,28,32)(H,30,31);1H/t24?,25-;/m0./s1. The largest absolute Gasteiger partial charge is 0.486 e. The van der Waals surface area contributed by atoms with Crippen LogP contribution in [0.4, 0.5) is 4.79 Å². The maximum atomic E-state index is 13.0. The van der Waals surface area contributed by atoms with Crippen LogP contribution in [-0.4, -0.2) is 47.8 Å². The fourth-order valence-electron chi connectivity index (χ4n) is 4.85. The molecule has 3 aromatic rings. The number of hydrogen-bond donors (Lipinski definition) is 2. The number of alkyl carbamates (subject to hydrolysis) is 1. The lowest BCUT2D eigenvalue weighted by Crippen LogP contribution is -2.52. The number of ether oxygens (including phenoxy) is 2. The second-order valence-electron chi connectivity index (χ2n) is 9.00. The molecule has 1 unspecified atom stereocenters. The van der Waals surface area contributed by atoms with Crippen LogP contribution in [0.25, 0.3) is 0 Å². The van der Waals surface area contributed by atoms with Gasteiger partial charge < -0.3 is 24.3 Å². The average Bonchev–Trinajstić information content (AvgIpc) is 3.37. The molecule has 36 heavy (non-hydrogen) atoms. The van der Waals surface area contributed by atoms with E-state index in [0.717, 1.165) is 43.6 Å². The molecule has 3 saturated heterocycles. The second-order valence-corrected chi connectivity index (χ2v) is 9.00. The van der Waals surface area contributed by atoms with E-state index in [9.17, 15) is 9.59 Å². The van der Waals surface area contributed by atoms with Crippen molar-refractivity contribution in [3.63, 3.8) is 0 Å². The number of carbonyl (C=O) groups excluding carboxylic acids is 1. The molecular formula is C27H29ClN2O6. The van der Waals surface area contributed by atoms with Gasteiger partial charge >= 0.3 is 12.1 Å². The summed E-state index contributed by atoms with van der Waals surface area (Å²) in [6, 6.07) is 19.7. The SMILES string of the molecule is Cl.O=C(N[C@@H](c1ccccc1)c1cccc(OCc2ccc(C(=O)O)o2)c1)OC1CN2CCC1CC2. The number of carbonyl (C=O) groups is 2. The van der Waals surface area contributed by atoms with Gasteiger partial charge in [0.15, 0.2) is 0 Å². The lowest BCUT2D eigenvalue weighted by atomic mass is 9.86. The number of carboxylic acid groups (broad SMARTS) is 1. The van der Waals surface area contributed by atoms with E-state index >= 15 is 0 Å². The Kier molecular flexibility index (Phi) is 8.18. The molecular weight excluding hydrogens is 484 g/mol. The average molecular weight is 513 g/mol. The number of halogens is 1. The number of nitrogens with one attached hydrogen (secondary N) is 1. The number of nitrogens with zero attached hydrogens (tertiary/aromatic N) is 1. The smallest absolute Gasteiger partial charge is 0.408 e. The summed E-state index contributed by atoms with van der Waals surface area (Å²) in [7, 11) is 0. The van der Waals surface area contributed by atoms with Crippen LogP contribution in [0.1, 0.15) is 46.3 Å². The summed E-state index contributed by atoms with van der Waals surface area (Å²) >= 11 is 0. The normalized spacial score (nSPS) is 21.2. The Bertz CT molecular complexity index is 1180.